The lowest BCUT2D eigenvalue weighted by Gasteiger charge is -2.20. The van der Waals surface area contributed by atoms with Gasteiger partial charge in [-0.2, -0.15) is 5.10 Å². The maximum Gasteiger partial charge on any atom is 0.165 e. The van der Waals surface area contributed by atoms with Crippen LogP contribution in [0.1, 0.15) is 11.1 Å². The summed E-state index contributed by atoms with van der Waals surface area (Å²) in [4.78, 5) is 10.2. The summed E-state index contributed by atoms with van der Waals surface area (Å²) in [5.41, 5.74) is 9.31. The fraction of sp³-hybridized carbons (Fsp3) is 0.100. The lowest BCUT2D eigenvalue weighted by Crippen LogP contribution is -2.06. The van der Waals surface area contributed by atoms with Crippen LogP contribution >= 0.6 is 15.9 Å². The fourth-order valence-corrected chi connectivity index (χ4v) is 5.40. The molecule has 0 saturated heterocycles. The van der Waals surface area contributed by atoms with Gasteiger partial charge in [0.1, 0.15) is 11.4 Å². The van der Waals surface area contributed by atoms with Crippen molar-refractivity contribution in [3.05, 3.63) is 101 Å². The van der Waals surface area contributed by atoms with E-state index in [0.717, 1.165) is 67.6 Å². The Labute approximate surface area is 216 Å². The molecule has 6 heteroatoms. The summed E-state index contributed by atoms with van der Waals surface area (Å²) in [5, 5.41) is 7.06. The Morgan fingerprint density at radius 2 is 1.67 bits per heavy atom. The van der Waals surface area contributed by atoms with E-state index in [0.29, 0.717) is 0 Å². The molecule has 3 aromatic heterocycles. The molecular weight excluding hydrogens is 512 g/mol. The first-order chi connectivity index (χ1) is 17.7. The van der Waals surface area contributed by atoms with Gasteiger partial charge in [-0.15, -0.1) is 0 Å². The first-order valence-corrected chi connectivity index (χ1v) is 12.7. The summed E-state index contributed by atoms with van der Waals surface area (Å²) >= 11 is 3.56. The molecule has 5 nitrogen and oxygen atoms in total. The number of hydrogen-bond acceptors (Lipinski definition) is 4. The maximum absolute atomic E-state index is 5.47. The third-order valence-corrected chi connectivity index (χ3v) is 7.43. The molecule has 0 spiro atoms. The van der Waals surface area contributed by atoms with E-state index in [2.05, 4.69) is 46.3 Å². The molecule has 1 aliphatic rings. The molecule has 0 atom stereocenters. The van der Waals surface area contributed by atoms with E-state index in [4.69, 9.17) is 19.8 Å². The third kappa shape index (κ3) is 3.33. The zero-order valence-corrected chi connectivity index (χ0v) is 21.2. The number of hydrogen-bond donors (Lipinski definition) is 0. The van der Waals surface area contributed by atoms with E-state index in [9.17, 15) is 0 Å². The van der Waals surface area contributed by atoms with Gasteiger partial charge in [-0.05, 0) is 72.5 Å². The van der Waals surface area contributed by atoms with Gasteiger partial charge in [0.15, 0.2) is 5.65 Å². The number of aromatic nitrogens is 4. The fourth-order valence-electron chi connectivity index (χ4n) is 5.14. The van der Waals surface area contributed by atoms with Gasteiger partial charge in [-0.25, -0.2) is 14.6 Å². The van der Waals surface area contributed by atoms with Crippen LogP contribution in [0.2, 0.25) is 0 Å². The molecule has 0 bridgehead atoms. The number of nitrogens with zero attached hydrogens (tertiary/aromatic N) is 4. The van der Waals surface area contributed by atoms with Crippen LogP contribution in [0.3, 0.4) is 0 Å². The van der Waals surface area contributed by atoms with Gasteiger partial charge < -0.3 is 4.74 Å². The number of benzene rings is 3. The Bertz CT molecular complexity index is 1780. The minimum absolute atomic E-state index is 0.796. The highest BCUT2D eigenvalue weighted by Gasteiger charge is 2.23. The summed E-state index contributed by atoms with van der Waals surface area (Å²) in [6, 6.07) is 26.9. The second kappa shape index (κ2) is 8.28. The minimum Gasteiger partial charge on any atom is -0.497 e. The molecule has 174 valence electrons. The predicted molar refractivity (Wildman–Crippen MR) is 147 cm³/mol. The molecular formula is C30H21BrN4O. The number of rotatable bonds is 3. The van der Waals surface area contributed by atoms with Crippen molar-refractivity contribution in [1.82, 2.24) is 19.7 Å². The Morgan fingerprint density at radius 1 is 0.861 bits per heavy atom. The van der Waals surface area contributed by atoms with Crippen molar-refractivity contribution in [2.75, 3.05) is 7.11 Å². The van der Waals surface area contributed by atoms with Crippen LogP contribution in [-0.4, -0.2) is 26.9 Å². The number of halogens is 1. The summed E-state index contributed by atoms with van der Waals surface area (Å²) in [6.45, 7) is 0. The molecule has 0 aliphatic heterocycles. The predicted octanol–water partition coefficient (Wildman–Crippen LogP) is 7.17. The molecule has 0 unspecified atom stereocenters. The highest BCUT2D eigenvalue weighted by molar-refractivity contribution is 9.10. The van der Waals surface area contributed by atoms with Crippen LogP contribution in [0, 0.1) is 0 Å². The Hall–Kier alpha value is -4.03. The van der Waals surface area contributed by atoms with Gasteiger partial charge in [0.05, 0.1) is 29.4 Å². The molecule has 7 rings (SSSR count). The summed E-state index contributed by atoms with van der Waals surface area (Å²) in [7, 11) is 1.71. The molecule has 1 aliphatic carbocycles. The van der Waals surface area contributed by atoms with Crippen LogP contribution < -0.4 is 4.74 Å². The van der Waals surface area contributed by atoms with E-state index in [1.807, 2.05) is 59.4 Å². The van der Waals surface area contributed by atoms with Gasteiger partial charge in [0.2, 0.25) is 0 Å². The monoisotopic (exact) mass is 532 g/mol. The second-order valence-corrected chi connectivity index (χ2v) is 9.93. The van der Waals surface area contributed by atoms with Crippen molar-refractivity contribution in [2.45, 2.75) is 12.8 Å². The van der Waals surface area contributed by atoms with E-state index in [1.165, 1.54) is 16.7 Å². The topological polar surface area (TPSA) is 52.8 Å². The first-order valence-electron chi connectivity index (χ1n) is 11.9. The quantitative estimate of drug-likeness (QED) is 0.242. The Kier molecular flexibility index (Phi) is 4.89. The standard InChI is InChI=1S/C30H21BrN4O/c1-36-24-13-14-25-19(16-24)7-8-20-15-21-17-32-30-26(28(21)33-27(20)25)29(18-9-11-22(31)12-10-18)34-35(30)23-5-3-2-4-6-23/h2-6,9-17H,7-8H2,1H3. The minimum atomic E-state index is 0.796. The number of ether oxygens (including phenoxy) is 1. The van der Waals surface area contributed by atoms with Crippen LogP contribution in [-0.2, 0) is 12.8 Å². The van der Waals surface area contributed by atoms with Crippen LogP contribution in [0.4, 0.5) is 0 Å². The third-order valence-electron chi connectivity index (χ3n) is 6.90. The van der Waals surface area contributed by atoms with Crippen LogP contribution in [0.15, 0.2) is 89.5 Å². The second-order valence-electron chi connectivity index (χ2n) is 9.02. The van der Waals surface area contributed by atoms with E-state index < -0.39 is 0 Å². The lowest BCUT2D eigenvalue weighted by atomic mass is 9.88. The zero-order valence-electron chi connectivity index (χ0n) is 19.6. The van der Waals surface area contributed by atoms with Gasteiger partial charge in [-0.1, -0.05) is 46.3 Å². The van der Waals surface area contributed by atoms with Crippen molar-refractivity contribution < 1.29 is 4.74 Å². The smallest absolute Gasteiger partial charge is 0.165 e. The SMILES string of the molecule is COc1ccc2c(c1)CCc1cc3cnc4c(c(-c5ccc(Br)cc5)nn4-c4ccccc4)c3nc1-2. The summed E-state index contributed by atoms with van der Waals surface area (Å²) in [5.74, 6) is 0.881. The average Bonchev–Trinajstić information content (AvgIpc) is 3.32. The molecule has 6 aromatic rings. The molecule has 0 amide bonds. The van der Waals surface area contributed by atoms with Crippen LogP contribution in [0.25, 0.3) is 50.1 Å². The van der Waals surface area contributed by atoms with Gasteiger partial charge >= 0.3 is 0 Å². The summed E-state index contributed by atoms with van der Waals surface area (Å²) in [6.07, 6.45) is 3.85. The van der Waals surface area contributed by atoms with Crippen molar-refractivity contribution in [2.24, 2.45) is 0 Å². The highest BCUT2D eigenvalue weighted by atomic mass is 79.9. The molecule has 0 fully saturated rings. The van der Waals surface area contributed by atoms with Crippen molar-refractivity contribution in [3.8, 4) is 34.0 Å². The highest BCUT2D eigenvalue weighted by Crippen LogP contribution is 2.39. The number of para-hydroxylation sites is 1. The Balaban J connectivity index is 1.55. The lowest BCUT2D eigenvalue weighted by molar-refractivity contribution is 0.414. The first kappa shape index (κ1) is 21.3. The van der Waals surface area contributed by atoms with E-state index >= 15 is 0 Å². The molecule has 0 radical (unpaired) electrons. The van der Waals surface area contributed by atoms with Crippen molar-refractivity contribution >= 4 is 37.9 Å². The molecule has 0 N–H and O–H groups in total. The number of aryl methyl sites for hydroxylation is 2. The zero-order chi connectivity index (χ0) is 24.2. The largest absolute Gasteiger partial charge is 0.497 e. The average molecular weight is 533 g/mol. The van der Waals surface area contributed by atoms with Gasteiger partial charge in [0.25, 0.3) is 0 Å². The molecule has 3 aromatic carbocycles. The molecule has 0 saturated carbocycles. The molecule has 36 heavy (non-hydrogen) atoms. The van der Waals surface area contributed by atoms with Crippen molar-refractivity contribution in [3.63, 3.8) is 0 Å². The van der Waals surface area contributed by atoms with E-state index in [-0.39, 0.29) is 0 Å². The van der Waals surface area contributed by atoms with Gasteiger partial charge in [-0.3, -0.25) is 0 Å². The maximum atomic E-state index is 5.47. The van der Waals surface area contributed by atoms with Crippen LogP contribution in [0.5, 0.6) is 5.75 Å². The Morgan fingerprint density at radius 3 is 2.47 bits per heavy atom. The van der Waals surface area contributed by atoms with Crippen molar-refractivity contribution in [1.29, 1.82) is 0 Å². The molecule has 3 heterocycles. The number of pyridine rings is 2. The number of fused-ring (bicyclic) bond motifs is 6. The van der Waals surface area contributed by atoms with Gasteiger partial charge in [0, 0.05) is 27.2 Å². The summed E-state index contributed by atoms with van der Waals surface area (Å²) < 4.78 is 8.42. The normalized spacial score (nSPS) is 12.5. The number of methoxy groups -OCH3 is 1. The van der Waals surface area contributed by atoms with E-state index in [1.54, 1.807) is 7.11 Å².